The Hall–Kier alpha value is -3.98. The number of carbonyl (C=O) groups is 1. The number of ether oxygens (including phenoxy) is 3. The predicted octanol–water partition coefficient (Wildman–Crippen LogP) is 3.76. The fourth-order valence-electron chi connectivity index (χ4n) is 2.66. The lowest BCUT2D eigenvalue weighted by atomic mass is 10.1. The van der Waals surface area contributed by atoms with E-state index in [0.717, 1.165) is 5.56 Å². The van der Waals surface area contributed by atoms with Gasteiger partial charge in [0, 0.05) is 23.0 Å². The molecule has 29 heavy (non-hydrogen) atoms. The van der Waals surface area contributed by atoms with Gasteiger partial charge in [0.05, 0.1) is 21.3 Å². The first-order valence-electron chi connectivity index (χ1n) is 8.79. The molecule has 2 aromatic carbocycles. The minimum atomic E-state index is -0.306. The van der Waals surface area contributed by atoms with Crippen LogP contribution in [-0.4, -0.2) is 32.2 Å². The van der Waals surface area contributed by atoms with E-state index in [4.69, 9.17) is 14.2 Å². The summed E-state index contributed by atoms with van der Waals surface area (Å²) < 4.78 is 15.9. The number of nitrogens with zero attached hydrogens (tertiary/aromatic N) is 1. The van der Waals surface area contributed by atoms with Crippen molar-refractivity contribution in [3.05, 3.63) is 77.6 Å². The summed E-state index contributed by atoms with van der Waals surface area (Å²) in [5.74, 6) is 6.98. The first-order valence-corrected chi connectivity index (χ1v) is 8.79. The first-order chi connectivity index (χ1) is 14.1. The largest absolute Gasteiger partial charge is 0.493 e. The number of methoxy groups -OCH3 is 3. The Bertz CT molecular complexity index is 1040. The predicted molar refractivity (Wildman–Crippen MR) is 111 cm³/mol. The normalized spacial score (nSPS) is 9.76. The number of aromatic nitrogens is 1. The van der Waals surface area contributed by atoms with E-state index >= 15 is 0 Å². The smallest absolute Gasteiger partial charge is 0.255 e. The van der Waals surface area contributed by atoms with E-state index in [-0.39, 0.29) is 5.91 Å². The zero-order valence-corrected chi connectivity index (χ0v) is 16.4. The molecule has 6 heteroatoms. The Kier molecular flexibility index (Phi) is 6.33. The van der Waals surface area contributed by atoms with Gasteiger partial charge in [-0.05, 0) is 48.4 Å². The van der Waals surface area contributed by atoms with E-state index in [1.165, 1.54) is 21.3 Å². The number of rotatable bonds is 5. The van der Waals surface area contributed by atoms with Crippen LogP contribution in [0, 0.1) is 11.8 Å². The Balaban J connectivity index is 1.82. The highest BCUT2D eigenvalue weighted by molar-refractivity contribution is 6.05. The van der Waals surface area contributed by atoms with E-state index < -0.39 is 0 Å². The number of nitrogens with one attached hydrogen (secondary N) is 1. The highest BCUT2D eigenvalue weighted by atomic mass is 16.5. The molecule has 3 aromatic rings. The molecule has 0 atom stereocenters. The molecular formula is C23H20N2O4. The van der Waals surface area contributed by atoms with Gasteiger partial charge in [-0.15, -0.1) is 0 Å². The molecule has 1 amide bonds. The molecule has 146 valence electrons. The average Bonchev–Trinajstić information content (AvgIpc) is 2.77. The second kappa shape index (κ2) is 9.29. The van der Waals surface area contributed by atoms with Gasteiger partial charge in [-0.25, -0.2) is 4.98 Å². The maximum Gasteiger partial charge on any atom is 0.255 e. The number of amides is 1. The molecule has 0 spiro atoms. The highest BCUT2D eigenvalue weighted by Gasteiger charge is 2.17. The van der Waals surface area contributed by atoms with Crippen LogP contribution < -0.4 is 19.5 Å². The number of carbonyl (C=O) groups excluding carboxylic acids is 1. The van der Waals surface area contributed by atoms with E-state index in [0.29, 0.717) is 34.2 Å². The summed E-state index contributed by atoms with van der Waals surface area (Å²) in [4.78, 5) is 16.9. The van der Waals surface area contributed by atoms with E-state index in [9.17, 15) is 4.79 Å². The number of hydrogen-bond donors (Lipinski definition) is 1. The summed E-state index contributed by atoms with van der Waals surface area (Å²) in [6, 6.07) is 16.0. The van der Waals surface area contributed by atoms with Gasteiger partial charge in [0.1, 0.15) is 5.69 Å². The topological polar surface area (TPSA) is 69.7 Å². The first kappa shape index (κ1) is 19.8. The molecule has 0 aliphatic carbocycles. The van der Waals surface area contributed by atoms with Gasteiger partial charge in [0.15, 0.2) is 11.5 Å². The van der Waals surface area contributed by atoms with Crippen LogP contribution in [0.3, 0.4) is 0 Å². The summed E-state index contributed by atoms with van der Waals surface area (Å²) in [5.41, 5.74) is 2.44. The number of anilines is 1. The lowest BCUT2D eigenvalue weighted by molar-refractivity contribution is 0.102. The van der Waals surface area contributed by atoms with Crippen molar-refractivity contribution >= 4 is 11.6 Å². The van der Waals surface area contributed by atoms with Crippen LogP contribution in [0.1, 0.15) is 21.6 Å². The third-order valence-electron chi connectivity index (χ3n) is 4.05. The lowest BCUT2D eigenvalue weighted by Crippen LogP contribution is -2.12. The van der Waals surface area contributed by atoms with Gasteiger partial charge < -0.3 is 19.5 Å². The molecule has 6 nitrogen and oxygen atoms in total. The summed E-state index contributed by atoms with van der Waals surface area (Å²) in [5, 5.41) is 2.86. The van der Waals surface area contributed by atoms with Crippen molar-refractivity contribution in [1.29, 1.82) is 0 Å². The lowest BCUT2D eigenvalue weighted by Gasteiger charge is -2.14. The van der Waals surface area contributed by atoms with Crippen LogP contribution in [0.25, 0.3) is 0 Å². The second-order valence-electron chi connectivity index (χ2n) is 5.91. The van der Waals surface area contributed by atoms with Gasteiger partial charge in [-0.2, -0.15) is 0 Å². The van der Waals surface area contributed by atoms with Crippen molar-refractivity contribution < 1.29 is 19.0 Å². The van der Waals surface area contributed by atoms with Crippen LogP contribution in [0.15, 0.2) is 60.8 Å². The van der Waals surface area contributed by atoms with Crippen LogP contribution in [0.4, 0.5) is 5.69 Å². The van der Waals surface area contributed by atoms with Crippen molar-refractivity contribution in [2.24, 2.45) is 0 Å². The second-order valence-corrected chi connectivity index (χ2v) is 5.91. The molecular weight excluding hydrogens is 368 g/mol. The van der Waals surface area contributed by atoms with E-state index in [1.54, 1.807) is 30.5 Å². The van der Waals surface area contributed by atoms with Crippen LogP contribution in [0.5, 0.6) is 17.2 Å². The molecule has 0 aliphatic heterocycles. The molecule has 0 fully saturated rings. The fraction of sp³-hybridized carbons (Fsp3) is 0.130. The third kappa shape index (κ3) is 4.85. The molecule has 3 rings (SSSR count). The Morgan fingerprint density at radius 1 is 0.897 bits per heavy atom. The molecule has 0 saturated carbocycles. The van der Waals surface area contributed by atoms with Crippen molar-refractivity contribution in [3.8, 4) is 29.1 Å². The zero-order chi connectivity index (χ0) is 20.6. The maximum absolute atomic E-state index is 12.7. The number of pyridine rings is 1. The molecule has 0 bridgehead atoms. The molecule has 0 aliphatic rings. The Morgan fingerprint density at radius 2 is 1.66 bits per heavy atom. The summed E-state index contributed by atoms with van der Waals surface area (Å²) in [6.45, 7) is 0. The number of benzene rings is 2. The highest BCUT2D eigenvalue weighted by Crippen LogP contribution is 2.38. The molecule has 1 aromatic heterocycles. The SMILES string of the molecule is COc1cc(C(=O)Nc2cccc(C#Cc3ccccn3)c2)cc(OC)c1OC. The Morgan fingerprint density at radius 3 is 2.28 bits per heavy atom. The summed E-state index contributed by atoms with van der Waals surface area (Å²) in [6.07, 6.45) is 1.69. The average molecular weight is 388 g/mol. The fourth-order valence-corrected chi connectivity index (χ4v) is 2.66. The zero-order valence-electron chi connectivity index (χ0n) is 16.4. The molecule has 1 heterocycles. The van der Waals surface area contributed by atoms with Crippen molar-refractivity contribution in [3.63, 3.8) is 0 Å². The minimum absolute atomic E-state index is 0.306. The van der Waals surface area contributed by atoms with Gasteiger partial charge >= 0.3 is 0 Å². The van der Waals surface area contributed by atoms with Gasteiger partial charge in [0.25, 0.3) is 5.91 Å². The van der Waals surface area contributed by atoms with Gasteiger partial charge in [0.2, 0.25) is 5.75 Å². The molecule has 0 saturated heterocycles. The molecule has 1 N–H and O–H groups in total. The molecule has 0 radical (unpaired) electrons. The Labute approximate surface area is 169 Å². The van der Waals surface area contributed by atoms with Gasteiger partial charge in [-0.3, -0.25) is 4.79 Å². The summed E-state index contributed by atoms with van der Waals surface area (Å²) >= 11 is 0. The number of hydrogen-bond acceptors (Lipinski definition) is 5. The standard InChI is InChI=1S/C23H20N2O4/c1-27-20-14-17(15-21(28-2)22(20)29-3)23(26)25-19-9-6-7-16(13-19)10-11-18-8-4-5-12-24-18/h4-9,12-15H,1-3H3,(H,25,26). The third-order valence-corrected chi connectivity index (χ3v) is 4.05. The van der Waals surface area contributed by atoms with E-state index in [1.807, 2.05) is 30.3 Å². The van der Waals surface area contributed by atoms with E-state index in [2.05, 4.69) is 22.1 Å². The van der Waals surface area contributed by atoms with Crippen LogP contribution in [-0.2, 0) is 0 Å². The monoisotopic (exact) mass is 388 g/mol. The quantitative estimate of drug-likeness (QED) is 0.674. The van der Waals surface area contributed by atoms with Crippen molar-refractivity contribution in [2.45, 2.75) is 0 Å². The molecule has 0 unspecified atom stereocenters. The van der Waals surface area contributed by atoms with Crippen LogP contribution in [0.2, 0.25) is 0 Å². The maximum atomic E-state index is 12.7. The minimum Gasteiger partial charge on any atom is -0.493 e. The van der Waals surface area contributed by atoms with Crippen molar-refractivity contribution in [1.82, 2.24) is 4.98 Å². The van der Waals surface area contributed by atoms with Crippen molar-refractivity contribution in [2.75, 3.05) is 26.6 Å². The van der Waals surface area contributed by atoms with Crippen LogP contribution >= 0.6 is 0 Å². The summed E-state index contributed by atoms with van der Waals surface area (Å²) in [7, 11) is 4.52. The van der Waals surface area contributed by atoms with Gasteiger partial charge in [-0.1, -0.05) is 18.1 Å².